The predicted molar refractivity (Wildman–Crippen MR) is 110 cm³/mol. The SMILES string of the molecule is O=C(O)N1CCCCC1.O=C1CCC(c2ccc(C3CCNCC3)cc2)C(=O)N1. The van der Waals surface area contributed by atoms with Crippen molar-refractivity contribution in [2.24, 2.45) is 0 Å². The van der Waals surface area contributed by atoms with Crippen molar-refractivity contribution in [3.05, 3.63) is 35.4 Å². The number of likely N-dealkylation sites (tertiary alicyclic amines) is 1. The molecule has 1 aromatic carbocycles. The summed E-state index contributed by atoms with van der Waals surface area (Å²) in [7, 11) is 0. The number of nitrogens with one attached hydrogen (secondary N) is 2. The van der Waals surface area contributed by atoms with Gasteiger partial charge < -0.3 is 15.3 Å². The molecule has 0 spiro atoms. The van der Waals surface area contributed by atoms with Gasteiger partial charge in [-0.05, 0) is 68.7 Å². The molecule has 1 unspecified atom stereocenters. The molecule has 1 atom stereocenters. The van der Waals surface area contributed by atoms with Crippen molar-refractivity contribution in [3.63, 3.8) is 0 Å². The fraction of sp³-hybridized carbons (Fsp3) is 0.591. The maximum atomic E-state index is 11.9. The van der Waals surface area contributed by atoms with Gasteiger partial charge >= 0.3 is 6.09 Å². The van der Waals surface area contributed by atoms with Crippen LogP contribution in [-0.2, 0) is 9.59 Å². The first-order valence-electron chi connectivity index (χ1n) is 10.7. The molecule has 3 fully saturated rings. The molecule has 0 aliphatic carbocycles. The molecule has 3 aliphatic heterocycles. The molecule has 3 amide bonds. The number of benzene rings is 1. The van der Waals surface area contributed by atoms with E-state index in [2.05, 4.69) is 34.9 Å². The number of imide groups is 1. The van der Waals surface area contributed by atoms with Gasteiger partial charge in [-0.25, -0.2) is 4.79 Å². The van der Waals surface area contributed by atoms with Crippen LogP contribution in [0.2, 0.25) is 0 Å². The molecule has 4 rings (SSSR count). The maximum Gasteiger partial charge on any atom is 0.407 e. The lowest BCUT2D eigenvalue weighted by molar-refractivity contribution is -0.134. The Kier molecular flexibility index (Phi) is 7.63. The van der Waals surface area contributed by atoms with E-state index < -0.39 is 6.09 Å². The van der Waals surface area contributed by atoms with Crippen LogP contribution in [0.4, 0.5) is 4.79 Å². The molecule has 3 N–H and O–H groups in total. The van der Waals surface area contributed by atoms with E-state index in [1.165, 1.54) is 29.7 Å². The van der Waals surface area contributed by atoms with Crippen molar-refractivity contribution in [2.75, 3.05) is 26.2 Å². The number of carbonyl (C=O) groups excluding carboxylic acids is 2. The van der Waals surface area contributed by atoms with E-state index in [4.69, 9.17) is 5.11 Å². The zero-order valence-corrected chi connectivity index (χ0v) is 16.9. The lowest BCUT2D eigenvalue weighted by Gasteiger charge is -2.24. The molecule has 3 heterocycles. The maximum absolute atomic E-state index is 11.9. The average Bonchev–Trinajstić information content (AvgIpc) is 2.76. The minimum absolute atomic E-state index is 0.155. The highest BCUT2D eigenvalue weighted by Crippen LogP contribution is 2.29. The molecule has 0 aromatic heterocycles. The van der Waals surface area contributed by atoms with Crippen molar-refractivity contribution >= 4 is 17.9 Å². The first-order chi connectivity index (χ1) is 14.0. The van der Waals surface area contributed by atoms with Gasteiger partial charge in [0.2, 0.25) is 11.8 Å². The summed E-state index contributed by atoms with van der Waals surface area (Å²) in [6, 6.07) is 8.40. The number of carboxylic acid groups (broad SMARTS) is 1. The number of hydrogen-bond donors (Lipinski definition) is 3. The van der Waals surface area contributed by atoms with Crippen molar-refractivity contribution in [1.29, 1.82) is 0 Å². The van der Waals surface area contributed by atoms with Gasteiger partial charge in [0.1, 0.15) is 0 Å². The van der Waals surface area contributed by atoms with Gasteiger partial charge in [0.15, 0.2) is 0 Å². The Bertz CT molecular complexity index is 707. The number of carbonyl (C=O) groups is 3. The molecule has 0 radical (unpaired) electrons. The minimum atomic E-state index is -0.769. The summed E-state index contributed by atoms with van der Waals surface area (Å²) in [5.41, 5.74) is 2.38. The minimum Gasteiger partial charge on any atom is -0.465 e. The summed E-state index contributed by atoms with van der Waals surface area (Å²) < 4.78 is 0. The topological polar surface area (TPSA) is 98.7 Å². The quantitative estimate of drug-likeness (QED) is 0.662. The number of nitrogens with zero attached hydrogens (tertiary/aromatic N) is 1. The molecule has 3 saturated heterocycles. The van der Waals surface area contributed by atoms with Crippen LogP contribution in [0, 0.1) is 0 Å². The van der Waals surface area contributed by atoms with Crippen LogP contribution in [0.5, 0.6) is 0 Å². The summed E-state index contributed by atoms with van der Waals surface area (Å²) in [5.74, 6) is 0.148. The average molecular weight is 402 g/mol. The first-order valence-corrected chi connectivity index (χ1v) is 10.7. The second kappa shape index (κ2) is 10.4. The molecule has 1 aromatic rings. The summed E-state index contributed by atoms with van der Waals surface area (Å²) in [5, 5.41) is 14.3. The van der Waals surface area contributed by atoms with Gasteiger partial charge in [-0.3, -0.25) is 14.9 Å². The Morgan fingerprint density at radius 2 is 1.55 bits per heavy atom. The number of rotatable bonds is 2. The van der Waals surface area contributed by atoms with Crippen molar-refractivity contribution < 1.29 is 19.5 Å². The summed E-state index contributed by atoms with van der Waals surface area (Å²) in [6.45, 7) is 3.63. The van der Waals surface area contributed by atoms with Crippen molar-refractivity contribution in [1.82, 2.24) is 15.5 Å². The van der Waals surface area contributed by atoms with Gasteiger partial charge in [0.05, 0.1) is 5.92 Å². The number of piperidine rings is 3. The molecule has 0 saturated carbocycles. The van der Waals surface area contributed by atoms with Crippen LogP contribution in [0.25, 0.3) is 0 Å². The Balaban J connectivity index is 0.000000224. The van der Waals surface area contributed by atoms with Gasteiger partial charge in [-0.15, -0.1) is 0 Å². The van der Waals surface area contributed by atoms with Crippen LogP contribution in [0.15, 0.2) is 24.3 Å². The number of hydrogen-bond acceptors (Lipinski definition) is 4. The third-order valence-electron chi connectivity index (χ3n) is 6.02. The smallest absolute Gasteiger partial charge is 0.407 e. The second-order valence-corrected chi connectivity index (χ2v) is 8.02. The van der Waals surface area contributed by atoms with E-state index in [9.17, 15) is 14.4 Å². The van der Waals surface area contributed by atoms with Crippen LogP contribution in [-0.4, -0.2) is 54.1 Å². The zero-order chi connectivity index (χ0) is 20.6. The Morgan fingerprint density at radius 3 is 2.10 bits per heavy atom. The highest BCUT2D eigenvalue weighted by molar-refractivity contribution is 6.00. The van der Waals surface area contributed by atoms with Gasteiger partial charge in [0.25, 0.3) is 0 Å². The molecule has 0 bridgehead atoms. The van der Waals surface area contributed by atoms with Crippen LogP contribution < -0.4 is 10.6 Å². The highest BCUT2D eigenvalue weighted by Gasteiger charge is 2.28. The normalized spacial score (nSPS) is 23.0. The summed E-state index contributed by atoms with van der Waals surface area (Å²) in [6.07, 6.45) is 5.90. The lowest BCUT2D eigenvalue weighted by Crippen LogP contribution is -2.39. The first kappa shape index (κ1) is 21.3. The van der Waals surface area contributed by atoms with E-state index in [1.807, 2.05) is 0 Å². The molecule has 3 aliphatic rings. The largest absolute Gasteiger partial charge is 0.465 e. The molecule has 7 heteroatoms. The zero-order valence-electron chi connectivity index (χ0n) is 16.9. The molecule has 158 valence electrons. The van der Waals surface area contributed by atoms with Gasteiger partial charge in [0, 0.05) is 19.5 Å². The Hall–Kier alpha value is -2.41. The van der Waals surface area contributed by atoms with E-state index in [0.29, 0.717) is 18.8 Å². The highest BCUT2D eigenvalue weighted by atomic mass is 16.4. The van der Waals surface area contributed by atoms with Crippen LogP contribution in [0.3, 0.4) is 0 Å². The third-order valence-corrected chi connectivity index (χ3v) is 6.02. The fourth-order valence-electron chi connectivity index (χ4n) is 4.25. The number of amides is 3. The van der Waals surface area contributed by atoms with Crippen LogP contribution in [0.1, 0.15) is 67.9 Å². The monoisotopic (exact) mass is 401 g/mol. The van der Waals surface area contributed by atoms with Crippen molar-refractivity contribution in [2.45, 2.75) is 56.8 Å². The molecule has 7 nitrogen and oxygen atoms in total. The molecular formula is C22H31N3O4. The predicted octanol–water partition coefficient (Wildman–Crippen LogP) is 2.82. The Labute approximate surface area is 171 Å². The lowest BCUT2D eigenvalue weighted by atomic mass is 9.86. The van der Waals surface area contributed by atoms with Crippen molar-refractivity contribution in [3.8, 4) is 0 Å². The van der Waals surface area contributed by atoms with E-state index >= 15 is 0 Å². The van der Waals surface area contributed by atoms with Gasteiger partial charge in [-0.1, -0.05) is 24.3 Å². The van der Waals surface area contributed by atoms with E-state index in [0.717, 1.165) is 44.6 Å². The third kappa shape index (κ3) is 6.03. The van der Waals surface area contributed by atoms with Gasteiger partial charge in [-0.2, -0.15) is 0 Å². The van der Waals surface area contributed by atoms with E-state index in [1.54, 1.807) is 0 Å². The standard InChI is InChI=1S/C16H20N2O2.C6H11NO2/c19-15-6-5-14(16(20)18-15)13-3-1-11(2-4-13)12-7-9-17-10-8-12;8-6(9)7-4-2-1-3-5-7/h1-4,12,14,17H,5-10H2,(H,18,19,20);1-5H2,(H,8,9). The fourth-order valence-corrected chi connectivity index (χ4v) is 4.25. The molecular weight excluding hydrogens is 370 g/mol. The Morgan fingerprint density at radius 1 is 0.931 bits per heavy atom. The van der Waals surface area contributed by atoms with Crippen LogP contribution >= 0.6 is 0 Å². The summed E-state index contributed by atoms with van der Waals surface area (Å²) >= 11 is 0. The molecule has 29 heavy (non-hydrogen) atoms. The summed E-state index contributed by atoms with van der Waals surface area (Å²) in [4.78, 5) is 34.8. The van der Waals surface area contributed by atoms with E-state index in [-0.39, 0.29) is 17.7 Å². The second-order valence-electron chi connectivity index (χ2n) is 8.02.